The van der Waals surface area contributed by atoms with Crippen LogP contribution in [0.4, 0.5) is 0 Å². The normalized spacial score (nSPS) is 10.4. The van der Waals surface area contributed by atoms with Gasteiger partial charge in [-0.25, -0.2) is 0 Å². The third kappa shape index (κ3) is 2.36. The summed E-state index contributed by atoms with van der Waals surface area (Å²) >= 11 is 9.23. The van der Waals surface area contributed by atoms with E-state index in [1.54, 1.807) is 6.20 Å². The van der Waals surface area contributed by atoms with Gasteiger partial charge in [0.25, 0.3) is 0 Å². The average Bonchev–Trinajstić information content (AvgIpc) is 2.51. The summed E-state index contributed by atoms with van der Waals surface area (Å²) in [4.78, 5) is 0. The van der Waals surface area contributed by atoms with Crippen LogP contribution in [0.25, 0.3) is 0 Å². The molecule has 0 radical (unpaired) electrons. The molecule has 1 aromatic carbocycles. The first-order chi connectivity index (χ1) is 6.74. The van der Waals surface area contributed by atoms with Crippen LogP contribution >= 0.6 is 27.5 Å². The third-order valence-corrected chi connectivity index (χ3v) is 2.48. The van der Waals surface area contributed by atoms with Crippen LogP contribution < -0.4 is 0 Å². The zero-order valence-corrected chi connectivity index (χ0v) is 9.66. The summed E-state index contributed by atoms with van der Waals surface area (Å²) in [6, 6.07) is 7.78. The van der Waals surface area contributed by atoms with Gasteiger partial charge < -0.3 is 0 Å². The lowest BCUT2D eigenvalue weighted by Gasteiger charge is -2.01. The van der Waals surface area contributed by atoms with Crippen molar-refractivity contribution in [2.45, 2.75) is 6.54 Å². The number of hydrogen-bond acceptors (Lipinski definition) is 1. The minimum absolute atomic E-state index is 0.742. The highest BCUT2D eigenvalue weighted by Crippen LogP contribution is 2.13. The second-order valence-corrected chi connectivity index (χ2v) is 4.34. The molecule has 1 aromatic heterocycles. The molecule has 2 aromatic rings. The Hall–Kier alpha value is -0.800. The molecule has 0 saturated carbocycles. The van der Waals surface area contributed by atoms with Crippen molar-refractivity contribution in [2.24, 2.45) is 0 Å². The van der Waals surface area contributed by atoms with Gasteiger partial charge in [0.15, 0.2) is 0 Å². The molecule has 0 spiro atoms. The molecule has 0 bridgehead atoms. The van der Waals surface area contributed by atoms with Crippen molar-refractivity contribution in [3.8, 4) is 0 Å². The lowest BCUT2D eigenvalue weighted by Crippen LogP contribution is -1.99. The molecule has 0 N–H and O–H groups in total. The Kier molecular flexibility index (Phi) is 2.89. The Bertz CT molecular complexity index is 439. The molecule has 4 heteroatoms. The summed E-state index contributed by atoms with van der Waals surface area (Å²) in [6.45, 7) is 0.742. The van der Waals surface area contributed by atoms with Crippen LogP contribution in [0.1, 0.15) is 5.56 Å². The van der Waals surface area contributed by atoms with Crippen LogP contribution in [0.2, 0.25) is 5.02 Å². The highest BCUT2D eigenvalue weighted by molar-refractivity contribution is 9.10. The average molecular weight is 272 g/mol. The van der Waals surface area contributed by atoms with Crippen molar-refractivity contribution in [1.29, 1.82) is 0 Å². The van der Waals surface area contributed by atoms with Gasteiger partial charge in [-0.05, 0) is 33.6 Å². The molecule has 0 unspecified atom stereocenters. The van der Waals surface area contributed by atoms with Crippen molar-refractivity contribution in [2.75, 3.05) is 0 Å². The molecule has 2 rings (SSSR count). The minimum Gasteiger partial charge on any atom is -0.267 e. The Morgan fingerprint density at radius 1 is 1.43 bits per heavy atom. The van der Waals surface area contributed by atoms with Crippen molar-refractivity contribution in [1.82, 2.24) is 9.78 Å². The number of aromatic nitrogens is 2. The molecule has 0 fully saturated rings. The Balaban J connectivity index is 2.18. The van der Waals surface area contributed by atoms with Gasteiger partial charge in [0.2, 0.25) is 0 Å². The van der Waals surface area contributed by atoms with E-state index in [4.69, 9.17) is 11.6 Å². The molecular weight excluding hydrogens is 263 g/mol. The van der Waals surface area contributed by atoms with E-state index in [0.29, 0.717) is 0 Å². The maximum Gasteiger partial charge on any atom is 0.0660 e. The van der Waals surface area contributed by atoms with Crippen LogP contribution in [-0.4, -0.2) is 9.78 Å². The maximum atomic E-state index is 5.88. The molecule has 0 atom stereocenters. The molecule has 0 aliphatic heterocycles. The fourth-order valence-corrected chi connectivity index (χ4v) is 1.79. The summed E-state index contributed by atoms with van der Waals surface area (Å²) < 4.78 is 2.84. The van der Waals surface area contributed by atoms with Gasteiger partial charge in [0.1, 0.15) is 0 Å². The first-order valence-electron chi connectivity index (χ1n) is 4.16. The standard InChI is InChI=1S/C10H8BrClN2/c11-9-5-13-14(7-9)6-8-2-1-3-10(12)4-8/h1-5,7H,6H2. The second kappa shape index (κ2) is 4.15. The maximum absolute atomic E-state index is 5.88. The SMILES string of the molecule is Clc1cccc(Cn2cc(Br)cn2)c1. The molecule has 0 aliphatic carbocycles. The van der Waals surface area contributed by atoms with E-state index in [-0.39, 0.29) is 0 Å². The molecule has 0 amide bonds. The largest absolute Gasteiger partial charge is 0.267 e. The van der Waals surface area contributed by atoms with Crippen molar-refractivity contribution >= 4 is 27.5 Å². The van der Waals surface area contributed by atoms with Gasteiger partial charge in [0, 0.05) is 11.2 Å². The van der Waals surface area contributed by atoms with Crippen molar-refractivity contribution in [3.05, 3.63) is 51.7 Å². The van der Waals surface area contributed by atoms with Gasteiger partial charge in [-0.1, -0.05) is 23.7 Å². The predicted molar refractivity (Wildman–Crippen MR) is 60.5 cm³/mol. The Labute approximate surface area is 95.6 Å². The van der Waals surface area contributed by atoms with E-state index in [2.05, 4.69) is 21.0 Å². The number of rotatable bonds is 2. The zero-order chi connectivity index (χ0) is 9.97. The van der Waals surface area contributed by atoms with Crippen LogP contribution in [0.15, 0.2) is 41.1 Å². The Morgan fingerprint density at radius 3 is 2.93 bits per heavy atom. The number of benzene rings is 1. The van der Waals surface area contributed by atoms with Crippen LogP contribution in [0.3, 0.4) is 0 Å². The molecule has 0 saturated heterocycles. The van der Waals surface area contributed by atoms with Crippen LogP contribution in [-0.2, 0) is 6.54 Å². The van der Waals surface area contributed by atoms with Gasteiger partial charge in [-0.15, -0.1) is 0 Å². The smallest absolute Gasteiger partial charge is 0.0660 e. The topological polar surface area (TPSA) is 17.8 Å². The monoisotopic (exact) mass is 270 g/mol. The molecule has 2 nitrogen and oxygen atoms in total. The fourth-order valence-electron chi connectivity index (χ4n) is 1.25. The van der Waals surface area contributed by atoms with Gasteiger partial charge in [-0.2, -0.15) is 5.10 Å². The van der Waals surface area contributed by atoms with E-state index in [1.807, 2.05) is 35.1 Å². The Morgan fingerprint density at radius 2 is 2.29 bits per heavy atom. The minimum atomic E-state index is 0.742. The highest BCUT2D eigenvalue weighted by Gasteiger charge is 1.97. The molecule has 14 heavy (non-hydrogen) atoms. The third-order valence-electron chi connectivity index (χ3n) is 1.84. The molecular formula is C10H8BrClN2. The summed E-state index contributed by atoms with van der Waals surface area (Å²) in [5.41, 5.74) is 1.15. The summed E-state index contributed by atoms with van der Waals surface area (Å²) in [5.74, 6) is 0. The lowest BCUT2D eigenvalue weighted by atomic mass is 10.2. The second-order valence-electron chi connectivity index (χ2n) is 2.99. The first kappa shape index (κ1) is 9.74. The van der Waals surface area contributed by atoms with E-state index in [9.17, 15) is 0 Å². The quantitative estimate of drug-likeness (QED) is 0.819. The summed E-state index contributed by atoms with van der Waals surface area (Å²) in [5, 5.41) is 4.93. The van der Waals surface area contributed by atoms with Crippen LogP contribution in [0, 0.1) is 0 Å². The highest BCUT2D eigenvalue weighted by atomic mass is 79.9. The summed E-state index contributed by atoms with van der Waals surface area (Å²) in [7, 11) is 0. The summed E-state index contributed by atoms with van der Waals surface area (Å²) in [6.07, 6.45) is 3.70. The molecule has 0 aliphatic rings. The number of nitrogens with zero attached hydrogens (tertiary/aromatic N) is 2. The molecule has 72 valence electrons. The number of halogens is 2. The van der Waals surface area contributed by atoms with Gasteiger partial charge >= 0.3 is 0 Å². The zero-order valence-electron chi connectivity index (χ0n) is 7.32. The van der Waals surface area contributed by atoms with Crippen molar-refractivity contribution < 1.29 is 0 Å². The van der Waals surface area contributed by atoms with E-state index in [0.717, 1.165) is 21.6 Å². The van der Waals surface area contributed by atoms with Gasteiger partial charge in [0.05, 0.1) is 17.2 Å². The van der Waals surface area contributed by atoms with E-state index >= 15 is 0 Å². The van der Waals surface area contributed by atoms with Gasteiger partial charge in [-0.3, -0.25) is 4.68 Å². The number of hydrogen-bond donors (Lipinski definition) is 0. The lowest BCUT2D eigenvalue weighted by molar-refractivity contribution is 0.686. The van der Waals surface area contributed by atoms with Crippen LogP contribution in [0.5, 0.6) is 0 Å². The molecule has 1 heterocycles. The van der Waals surface area contributed by atoms with E-state index in [1.165, 1.54) is 0 Å². The predicted octanol–water partition coefficient (Wildman–Crippen LogP) is 3.35. The van der Waals surface area contributed by atoms with Crippen molar-refractivity contribution in [3.63, 3.8) is 0 Å². The first-order valence-corrected chi connectivity index (χ1v) is 5.33. The van der Waals surface area contributed by atoms with E-state index < -0.39 is 0 Å². The fraction of sp³-hybridized carbons (Fsp3) is 0.100.